The van der Waals surface area contributed by atoms with Gasteiger partial charge in [0.25, 0.3) is 0 Å². The van der Waals surface area contributed by atoms with Gasteiger partial charge in [-0.1, -0.05) is 6.42 Å². The number of likely N-dealkylation sites (tertiary alicyclic amines) is 1. The first-order chi connectivity index (χ1) is 11.5. The van der Waals surface area contributed by atoms with Gasteiger partial charge in [0.15, 0.2) is 0 Å². The van der Waals surface area contributed by atoms with E-state index < -0.39 is 0 Å². The van der Waals surface area contributed by atoms with Crippen LogP contribution in [-0.4, -0.2) is 39.6 Å². The number of carbonyl (C=O) groups excluding carboxylic acids is 2. The molecule has 132 valence electrons. The minimum Gasteiger partial charge on any atom is -0.349 e. The number of hydrogen-bond acceptors (Lipinski definition) is 3. The molecule has 1 aliphatic heterocycles. The van der Waals surface area contributed by atoms with E-state index in [2.05, 4.69) is 10.4 Å². The number of aromatic nitrogens is 2. The van der Waals surface area contributed by atoms with Crippen LogP contribution in [0.25, 0.3) is 0 Å². The first kappa shape index (κ1) is 17.0. The van der Waals surface area contributed by atoms with E-state index in [1.165, 1.54) is 6.42 Å². The molecule has 2 amide bonds. The van der Waals surface area contributed by atoms with Crippen LogP contribution >= 0.6 is 0 Å². The fourth-order valence-corrected chi connectivity index (χ4v) is 3.63. The maximum Gasteiger partial charge on any atom is 0.225 e. The predicted octanol–water partition coefficient (Wildman–Crippen LogP) is 1.94. The van der Waals surface area contributed by atoms with Crippen molar-refractivity contribution in [3.8, 4) is 0 Å². The van der Waals surface area contributed by atoms with Crippen LogP contribution in [0.15, 0.2) is 6.20 Å². The molecule has 1 saturated carbocycles. The summed E-state index contributed by atoms with van der Waals surface area (Å²) in [5.41, 5.74) is 2.13. The Morgan fingerprint density at radius 2 is 1.88 bits per heavy atom. The Kier molecular flexibility index (Phi) is 4.92. The van der Waals surface area contributed by atoms with Crippen molar-refractivity contribution in [1.29, 1.82) is 0 Å². The average molecular weight is 332 g/mol. The second-order valence-electron chi connectivity index (χ2n) is 7.27. The number of hydrogen-bond donors (Lipinski definition) is 1. The van der Waals surface area contributed by atoms with Crippen molar-refractivity contribution in [2.24, 2.45) is 18.9 Å². The molecule has 0 aromatic carbocycles. The molecule has 6 heteroatoms. The monoisotopic (exact) mass is 332 g/mol. The molecule has 2 fully saturated rings. The molecule has 1 aliphatic carbocycles. The molecule has 2 aliphatic rings. The highest BCUT2D eigenvalue weighted by atomic mass is 16.2. The largest absolute Gasteiger partial charge is 0.349 e. The van der Waals surface area contributed by atoms with Gasteiger partial charge in [0, 0.05) is 43.2 Å². The summed E-state index contributed by atoms with van der Waals surface area (Å²) in [6.07, 6.45) is 6.62. The zero-order valence-electron chi connectivity index (χ0n) is 14.9. The van der Waals surface area contributed by atoms with Crippen LogP contribution in [0.1, 0.15) is 56.3 Å². The lowest BCUT2D eigenvalue weighted by molar-refractivity contribution is -0.141. The summed E-state index contributed by atoms with van der Waals surface area (Å²) in [6.45, 7) is 5.44. The first-order valence-electron chi connectivity index (χ1n) is 9.05. The van der Waals surface area contributed by atoms with E-state index in [4.69, 9.17) is 0 Å². The Bertz CT molecular complexity index is 613. The Hall–Kier alpha value is -1.85. The maximum atomic E-state index is 12.5. The number of nitrogens with one attached hydrogen (secondary N) is 1. The second kappa shape index (κ2) is 6.95. The highest BCUT2D eigenvalue weighted by Crippen LogP contribution is 2.30. The third kappa shape index (κ3) is 3.32. The fraction of sp³-hybridized carbons (Fsp3) is 0.722. The van der Waals surface area contributed by atoms with E-state index in [-0.39, 0.29) is 23.8 Å². The van der Waals surface area contributed by atoms with Crippen LogP contribution in [0.4, 0.5) is 0 Å². The van der Waals surface area contributed by atoms with E-state index in [9.17, 15) is 9.59 Å². The highest BCUT2D eigenvalue weighted by Gasteiger charge is 2.33. The molecule has 24 heavy (non-hydrogen) atoms. The molecule has 1 aromatic rings. The molecule has 3 rings (SSSR count). The lowest BCUT2D eigenvalue weighted by Gasteiger charge is -2.36. The van der Waals surface area contributed by atoms with Crippen molar-refractivity contribution in [1.82, 2.24) is 20.0 Å². The van der Waals surface area contributed by atoms with Gasteiger partial charge in [-0.3, -0.25) is 14.3 Å². The van der Waals surface area contributed by atoms with E-state index in [1.54, 1.807) is 0 Å². The van der Waals surface area contributed by atoms with E-state index in [0.717, 1.165) is 36.9 Å². The van der Waals surface area contributed by atoms with Crippen LogP contribution < -0.4 is 5.32 Å². The van der Waals surface area contributed by atoms with Crippen molar-refractivity contribution in [2.75, 3.05) is 13.1 Å². The summed E-state index contributed by atoms with van der Waals surface area (Å²) in [6, 6.07) is -0.0409. The Morgan fingerprint density at radius 3 is 2.38 bits per heavy atom. The minimum atomic E-state index is -0.0409. The van der Waals surface area contributed by atoms with Crippen molar-refractivity contribution >= 4 is 11.8 Å². The Balaban J connectivity index is 1.50. The lowest BCUT2D eigenvalue weighted by atomic mass is 9.83. The highest BCUT2D eigenvalue weighted by molar-refractivity contribution is 5.81. The zero-order valence-corrected chi connectivity index (χ0v) is 14.9. The molecule has 1 atom stereocenters. The van der Waals surface area contributed by atoms with Gasteiger partial charge in [-0.15, -0.1) is 0 Å². The van der Waals surface area contributed by atoms with Gasteiger partial charge in [-0.05, 0) is 39.5 Å². The summed E-state index contributed by atoms with van der Waals surface area (Å²) in [5, 5.41) is 7.35. The van der Waals surface area contributed by atoms with Gasteiger partial charge in [-0.2, -0.15) is 5.10 Å². The molecule has 2 heterocycles. The molecule has 0 unspecified atom stereocenters. The average Bonchev–Trinajstić information content (AvgIpc) is 2.85. The van der Waals surface area contributed by atoms with Crippen LogP contribution in [0.5, 0.6) is 0 Å². The van der Waals surface area contributed by atoms with Gasteiger partial charge in [0.1, 0.15) is 0 Å². The smallest absolute Gasteiger partial charge is 0.225 e. The molecule has 0 bridgehead atoms. The summed E-state index contributed by atoms with van der Waals surface area (Å²) >= 11 is 0. The standard InChI is InChI=1S/C18H28N4O2/c1-12(16-11-19-21(3)13(16)2)20-17(23)14-7-9-22(10-8-14)18(24)15-5-4-6-15/h11-12,14-15H,4-10H2,1-3H3,(H,20,23)/t12-/m0/s1. The van der Waals surface area contributed by atoms with Gasteiger partial charge < -0.3 is 10.2 Å². The van der Waals surface area contributed by atoms with E-state index >= 15 is 0 Å². The lowest BCUT2D eigenvalue weighted by Crippen LogP contribution is -2.46. The predicted molar refractivity (Wildman–Crippen MR) is 91.1 cm³/mol. The normalized spacial score (nSPS) is 20.5. The first-order valence-corrected chi connectivity index (χ1v) is 9.05. The third-order valence-electron chi connectivity index (χ3n) is 5.73. The minimum absolute atomic E-state index is 0.00914. The zero-order chi connectivity index (χ0) is 17.3. The van der Waals surface area contributed by atoms with Gasteiger partial charge in [0.05, 0.1) is 12.2 Å². The van der Waals surface area contributed by atoms with Crippen molar-refractivity contribution in [3.05, 3.63) is 17.5 Å². The summed E-state index contributed by atoms with van der Waals surface area (Å²) in [4.78, 5) is 26.8. The Morgan fingerprint density at radius 1 is 1.21 bits per heavy atom. The fourth-order valence-electron chi connectivity index (χ4n) is 3.63. The number of rotatable bonds is 4. The molecule has 1 saturated heterocycles. The van der Waals surface area contributed by atoms with Gasteiger partial charge in [0.2, 0.25) is 11.8 Å². The van der Waals surface area contributed by atoms with Crippen LogP contribution in [-0.2, 0) is 16.6 Å². The van der Waals surface area contributed by atoms with E-state index in [0.29, 0.717) is 19.0 Å². The molecule has 1 N–H and O–H groups in total. The summed E-state index contributed by atoms with van der Waals surface area (Å²) in [7, 11) is 1.90. The molecule has 6 nitrogen and oxygen atoms in total. The number of nitrogens with zero attached hydrogens (tertiary/aromatic N) is 3. The number of amides is 2. The number of piperidine rings is 1. The van der Waals surface area contributed by atoms with Crippen molar-refractivity contribution < 1.29 is 9.59 Å². The van der Waals surface area contributed by atoms with E-state index in [1.807, 2.05) is 36.7 Å². The SMILES string of the molecule is Cc1c([C@H](C)NC(=O)C2CCN(C(=O)C3CCC3)CC2)cnn1C. The van der Waals surface area contributed by atoms with Crippen molar-refractivity contribution in [2.45, 2.75) is 52.0 Å². The summed E-state index contributed by atoms with van der Waals surface area (Å²) in [5.74, 6) is 0.666. The van der Waals surface area contributed by atoms with Gasteiger partial charge >= 0.3 is 0 Å². The Labute approximate surface area is 143 Å². The molecule has 0 spiro atoms. The topological polar surface area (TPSA) is 67.2 Å². The quantitative estimate of drug-likeness (QED) is 0.916. The van der Waals surface area contributed by atoms with Crippen LogP contribution in [0.2, 0.25) is 0 Å². The van der Waals surface area contributed by atoms with Crippen LogP contribution in [0, 0.1) is 18.8 Å². The number of aryl methyl sites for hydroxylation is 1. The maximum absolute atomic E-state index is 12.5. The molecule has 0 radical (unpaired) electrons. The van der Waals surface area contributed by atoms with Crippen molar-refractivity contribution in [3.63, 3.8) is 0 Å². The number of carbonyl (C=O) groups is 2. The second-order valence-corrected chi connectivity index (χ2v) is 7.27. The van der Waals surface area contributed by atoms with Crippen LogP contribution in [0.3, 0.4) is 0 Å². The molecule has 1 aromatic heterocycles. The third-order valence-corrected chi connectivity index (χ3v) is 5.73. The summed E-state index contributed by atoms with van der Waals surface area (Å²) < 4.78 is 1.82. The molecular weight excluding hydrogens is 304 g/mol. The van der Waals surface area contributed by atoms with Gasteiger partial charge in [-0.25, -0.2) is 0 Å². The molecular formula is C18H28N4O2.